The van der Waals surface area contributed by atoms with Gasteiger partial charge in [0.2, 0.25) is 0 Å². The van der Waals surface area contributed by atoms with Crippen LogP contribution < -0.4 is 0 Å². The van der Waals surface area contributed by atoms with Crippen molar-refractivity contribution in [3.63, 3.8) is 0 Å². The number of ether oxygens (including phenoxy) is 2. The molecule has 0 spiro atoms. The number of esters is 2. The Kier molecular flexibility index (Phi) is 5.43. The molecule has 2 aliphatic rings. The number of hydrogen-bond acceptors (Lipinski definition) is 4. The average Bonchev–Trinajstić information content (AvgIpc) is 3.35. The summed E-state index contributed by atoms with van der Waals surface area (Å²) in [6.45, 7) is 8.11. The molecule has 2 rings (SSSR count). The van der Waals surface area contributed by atoms with Crippen LogP contribution in [0.3, 0.4) is 0 Å². The highest BCUT2D eigenvalue weighted by atomic mass is 16.5. The van der Waals surface area contributed by atoms with Gasteiger partial charge in [0.15, 0.2) is 0 Å². The Morgan fingerprint density at radius 1 is 0.864 bits per heavy atom. The fraction of sp³-hybridized carbons (Fsp3) is 0.667. The minimum atomic E-state index is -0.210. The highest BCUT2D eigenvalue weighted by Gasteiger charge is 2.51. The van der Waals surface area contributed by atoms with E-state index in [4.69, 9.17) is 9.47 Å². The van der Waals surface area contributed by atoms with Crippen molar-refractivity contribution in [2.75, 3.05) is 13.2 Å². The van der Waals surface area contributed by atoms with Crippen LogP contribution in [-0.4, -0.2) is 25.2 Å². The van der Waals surface area contributed by atoms with Crippen LogP contribution in [0.5, 0.6) is 0 Å². The van der Waals surface area contributed by atoms with Gasteiger partial charge in [-0.1, -0.05) is 12.2 Å². The third-order valence-corrected chi connectivity index (χ3v) is 4.46. The van der Waals surface area contributed by atoms with Crippen molar-refractivity contribution in [1.29, 1.82) is 0 Å². The minimum Gasteiger partial charge on any atom is -0.463 e. The molecular weight excluding hydrogens is 280 g/mol. The van der Waals surface area contributed by atoms with Crippen molar-refractivity contribution in [3.8, 4) is 0 Å². The molecule has 0 amide bonds. The van der Waals surface area contributed by atoms with Gasteiger partial charge in [-0.3, -0.25) is 0 Å². The molecule has 22 heavy (non-hydrogen) atoms. The Hall–Kier alpha value is -1.58. The number of hydrogen-bond donors (Lipinski definition) is 0. The molecule has 2 saturated carbocycles. The zero-order chi connectivity index (χ0) is 16.3. The van der Waals surface area contributed by atoms with Gasteiger partial charge in [0.05, 0.1) is 13.2 Å². The van der Waals surface area contributed by atoms with Gasteiger partial charge in [0.1, 0.15) is 0 Å². The first-order valence-corrected chi connectivity index (χ1v) is 8.19. The average molecular weight is 306 g/mol. The van der Waals surface area contributed by atoms with Gasteiger partial charge in [0, 0.05) is 11.1 Å². The Morgan fingerprint density at radius 3 is 1.55 bits per heavy atom. The van der Waals surface area contributed by atoms with Crippen LogP contribution in [0.2, 0.25) is 0 Å². The van der Waals surface area contributed by atoms with E-state index in [1.54, 1.807) is 0 Å². The quantitative estimate of drug-likeness (QED) is 0.535. The maximum Gasteiger partial charge on any atom is 0.333 e. The highest BCUT2D eigenvalue weighted by Crippen LogP contribution is 2.59. The molecule has 0 aromatic carbocycles. The molecule has 0 aliphatic heterocycles. The molecule has 4 atom stereocenters. The van der Waals surface area contributed by atoms with Crippen LogP contribution in [0.1, 0.15) is 40.5 Å². The second-order valence-corrected chi connectivity index (χ2v) is 6.27. The molecule has 2 fully saturated rings. The predicted octanol–water partition coefficient (Wildman–Crippen LogP) is 3.28. The molecule has 4 heteroatoms. The van der Waals surface area contributed by atoms with E-state index in [-0.39, 0.29) is 11.9 Å². The van der Waals surface area contributed by atoms with Crippen LogP contribution in [0.4, 0.5) is 0 Å². The van der Waals surface area contributed by atoms with Crippen LogP contribution in [0.15, 0.2) is 23.3 Å². The molecule has 0 unspecified atom stereocenters. The molecule has 0 N–H and O–H groups in total. The largest absolute Gasteiger partial charge is 0.463 e. The van der Waals surface area contributed by atoms with Gasteiger partial charge in [0.25, 0.3) is 0 Å². The summed E-state index contributed by atoms with van der Waals surface area (Å²) in [5.41, 5.74) is 1.43. The Morgan fingerprint density at radius 2 is 1.23 bits per heavy atom. The lowest BCUT2D eigenvalue weighted by Crippen LogP contribution is -2.05. The lowest BCUT2D eigenvalue weighted by atomic mass is 10.1. The summed E-state index contributed by atoms with van der Waals surface area (Å²) in [5.74, 6) is 1.88. The summed E-state index contributed by atoms with van der Waals surface area (Å²) in [6.07, 6.45) is 6.40. The molecule has 0 radical (unpaired) electrons. The standard InChI is InChI=1S/C18H26O4/c1-5-21-17(19)11(3)7-13-9-15(13)16-10-14(16)8-12(4)18(20)22-6-2/h7-8,13-16H,5-6,9-10H2,1-4H3/b11-7+,12-8+/t13-,14-,15-,16-/m0/s1. The summed E-state index contributed by atoms with van der Waals surface area (Å²) >= 11 is 0. The van der Waals surface area contributed by atoms with E-state index in [9.17, 15) is 9.59 Å². The van der Waals surface area contributed by atoms with Gasteiger partial charge in [-0.15, -0.1) is 0 Å². The van der Waals surface area contributed by atoms with Gasteiger partial charge in [-0.2, -0.15) is 0 Å². The molecule has 0 aromatic rings. The summed E-state index contributed by atoms with van der Waals surface area (Å²) in [7, 11) is 0. The predicted molar refractivity (Wildman–Crippen MR) is 84.0 cm³/mol. The third-order valence-electron chi connectivity index (χ3n) is 4.46. The maximum absolute atomic E-state index is 11.6. The summed E-state index contributed by atoms with van der Waals surface area (Å²) in [4.78, 5) is 23.2. The zero-order valence-electron chi connectivity index (χ0n) is 13.9. The van der Waals surface area contributed by atoms with E-state index in [0.29, 0.717) is 48.0 Å². The molecule has 2 aliphatic carbocycles. The normalized spacial score (nSPS) is 30.7. The first kappa shape index (κ1) is 16.8. The number of carbonyl (C=O) groups is 2. The SMILES string of the molecule is CCOC(=O)/C(C)=C/[C@H]1C[C@@H]1[C@H]1C[C@@H]1/C=C(\C)C(=O)OCC. The second-order valence-electron chi connectivity index (χ2n) is 6.27. The Labute approximate surface area is 132 Å². The minimum absolute atomic E-state index is 0.210. The maximum atomic E-state index is 11.6. The van der Waals surface area contributed by atoms with Crippen molar-refractivity contribution in [2.24, 2.45) is 23.7 Å². The van der Waals surface area contributed by atoms with Crippen molar-refractivity contribution in [1.82, 2.24) is 0 Å². The van der Waals surface area contributed by atoms with Gasteiger partial charge >= 0.3 is 11.9 Å². The molecule has 122 valence electrons. The molecular formula is C18H26O4. The number of carbonyl (C=O) groups excluding carboxylic acids is 2. The fourth-order valence-corrected chi connectivity index (χ4v) is 3.11. The second kappa shape index (κ2) is 7.12. The van der Waals surface area contributed by atoms with Crippen molar-refractivity contribution in [3.05, 3.63) is 23.3 Å². The van der Waals surface area contributed by atoms with Crippen molar-refractivity contribution >= 4 is 11.9 Å². The highest BCUT2D eigenvalue weighted by molar-refractivity contribution is 5.88. The summed E-state index contributed by atoms with van der Waals surface area (Å²) < 4.78 is 10.00. The van der Waals surface area contributed by atoms with Gasteiger partial charge in [-0.05, 0) is 64.2 Å². The molecule has 4 nitrogen and oxygen atoms in total. The summed E-state index contributed by atoms with van der Waals surface area (Å²) in [5, 5.41) is 0. The number of rotatable bonds is 7. The first-order chi connectivity index (χ1) is 10.5. The van der Waals surface area contributed by atoms with Gasteiger partial charge in [-0.25, -0.2) is 9.59 Å². The monoisotopic (exact) mass is 306 g/mol. The molecule has 0 heterocycles. The van der Waals surface area contributed by atoms with Crippen LogP contribution in [0, 0.1) is 23.7 Å². The lowest BCUT2D eigenvalue weighted by molar-refractivity contribution is -0.139. The first-order valence-electron chi connectivity index (χ1n) is 8.19. The number of allylic oxidation sites excluding steroid dienone is 2. The van der Waals surface area contributed by atoms with E-state index >= 15 is 0 Å². The molecule has 0 bridgehead atoms. The topological polar surface area (TPSA) is 52.6 Å². The van der Waals surface area contributed by atoms with Crippen LogP contribution >= 0.6 is 0 Å². The van der Waals surface area contributed by atoms with Gasteiger partial charge < -0.3 is 9.47 Å². The van der Waals surface area contributed by atoms with E-state index in [1.807, 2.05) is 27.7 Å². The van der Waals surface area contributed by atoms with E-state index in [2.05, 4.69) is 12.2 Å². The van der Waals surface area contributed by atoms with Crippen LogP contribution in [-0.2, 0) is 19.1 Å². The third kappa shape index (κ3) is 4.21. The van der Waals surface area contributed by atoms with E-state index < -0.39 is 0 Å². The molecule has 0 aromatic heterocycles. The smallest absolute Gasteiger partial charge is 0.333 e. The van der Waals surface area contributed by atoms with Crippen molar-refractivity contribution < 1.29 is 19.1 Å². The van der Waals surface area contributed by atoms with Crippen molar-refractivity contribution in [2.45, 2.75) is 40.5 Å². The van der Waals surface area contributed by atoms with Crippen LogP contribution in [0.25, 0.3) is 0 Å². The van der Waals surface area contributed by atoms with E-state index in [0.717, 1.165) is 12.8 Å². The fourth-order valence-electron chi connectivity index (χ4n) is 3.11. The summed E-state index contributed by atoms with van der Waals surface area (Å²) in [6, 6.07) is 0. The Balaban J connectivity index is 1.81. The zero-order valence-corrected chi connectivity index (χ0v) is 13.9. The molecule has 0 saturated heterocycles. The Bertz CT molecular complexity index is 457. The van der Waals surface area contributed by atoms with E-state index in [1.165, 1.54) is 0 Å². The lowest BCUT2D eigenvalue weighted by Gasteiger charge is -2.02.